The number of furan rings is 1. The molecule has 2 heterocycles. The zero-order valence-electron chi connectivity index (χ0n) is 25.0. The molecule has 216 valence electrons. The molecular formula is C43H28N2O. The number of pyridine rings is 1. The number of hydrogen-bond donors (Lipinski definition) is 0. The van der Waals surface area contributed by atoms with Crippen LogP contribution in [0.2, 0.25) is 0 Å². The third-order valence-electron chi connectivity index (χ3n) is 8.93. The number of fused-ring (bicyclic) bond motifs is 6. The summed E-state index contributed by atoms with van der Waals surface area (Å²) in [5.74, 6) is 0. The second-order valence-electron chi connectivity index (χ2n) is 11.6. The van der Waals surface area contributed by atoms with E-state index in [1.165, 1.54) is 32.7 Å². The van der Waals surface area contributed by atoms with Gasteiger partial charge in [0, 0.05) is 34.0 Å². The van der Waals surface area contributed by atoms with Crippen molar-refractivity contribution in [2.24, 2.45) is 0 Å². The van der Waals surface area contributed by atoms with Crippen LogP contribution in [0.15, 0.2) is 174 Å². The fourth-order valence-electron chi connectivity index (χ4n) is 6.70. The molecule has 0 N–H and O–H groups in total. The quantitative estimate of drug-likeness (QED) is 0.187. The molecule has 0 radical (unpaired) electrons. The zero-order chi connectivity index (χ0) is 30.5. The standard InChI is InChI=1S/C43H28N2O/c1-2-10-33(11-3-1)45(34-21-16-29(17-22-34)31-20-25-42-41(27-31)39-15-8-26-44-43(39)46-42)35-23-18-30(19-24-35)40-28-32-9-4-5-12-36(32)37-13-6-7-14-38(37)40/h1-28H. The molecule has 3 nitrogen and oxygen atoms in total. The molecule has 0 bridgehead atoms. The van der Waals surface area contributed by atoms with Gasteiger partial charge in [-0.25, -0.2) is 4.98 Å². The molecule has 46 heavy (non-hydrogen) atoms. The molecule has 0 aliphatic carbocycles. The van der Waals surface area contributed by atoms with Crippen LogP contribution >= 0.6 is 0 Å². The van der Waals surface area contributed by atoms with Crippen molar-refractivity contribution in [3.63, 3.8) is 0 Å². The SMILES string of the molecule is c1ccc(N(c2ccc(-c3ccc4oc5ncccc5c4c3)cc2)c2ccc(-c3cc4ccccc4c4ccccc34)cc2)cc1. The van der Waals surface area contributed by atoms with Crippen molar-refractivity contribution in [3.8, 4) is 22.3 Å². The number of para-hydroxylation sites is 1. The summed E-state index contributed by atoms with van der Waals surface area (Å²) in [5, 5.41) is 7.20. The molecule has 0 aliphatic rings. The Kier molecular flexibility index (Phi) is 6.14. The highest BCUT2D eigenvalue weighted by Crippen LogP contribution is 2.39. The Hall–Kier alpha value is -6.19. The molecule has 0 fully saturated rings. The molecular weight excluding hydrogens is 560 g/mol. The van der Waals surface area contributed by atoms with E-state index < -0.39 is 0 Å². The van der Waals surface area contributed by atoms with Crippen molar-refractivity contribution >= 4 is 60.7 Å². The van der Waals surface area contributed by atoms with Crippen molar-refractivity contribution in [3.05, 3.63) is 170 Å². The first-order valence-corrected chi connectivity index (χ1v) is 15.5. The smallest absolute Gasteiger partial charge is 0.227 e. The Labute approximate surface area is 266 Å². The van der Waals surface area contributed by atoms with E-state index in [1.807, 2.05) is 12.1 Å². The molecule has 9 rings (SSSR count). The number of rotatable bonds is 5. The first-order chi connectivity index (χ1) is 22.8. The molecule has 0 unspecified atom stereocenters. The molecule has 0 saturated heterocycles. The van der Waals surface area contributed by atoms with Crippen LogP contribution in [0.3, 0.4) is 0 Å². The van der Waals surface area contributed by atoms with Crippen molar-refractivity contribution < 1.29 is 4.42 Å². The molecule has 0 spiro atoms. The highest BCUT2D eigenvalue weighted by atomic mass is 16.3. The summed E-state index contributed by atoms with van der Waals surface area (Å²) in [7, 11) is 0. The molecule has 0 saturated carbocycles. The minimum Gasteiger partial charge on any atom is -0.438 e. The topological polar surface area (TPSA) is 29.3 Å². The molecule has 9 aromatic rings. The maximum atomic E-state index is 5.95. The lowest BCUT2D eigenvalue weighted by molar-refractivity contribution is 0.654. The summed E-state index contributed by atoms with van der Waals surface area (Å²) >= 11 is 0. The molecule has 7 aromatic carbocycles. The molecule has 0 amide bonds. The number of benzene rings is 7. The van der Waals surface area contributed by atoms with Crippen LogP contribution in [0.4, 0.5) is 17.1 Å². The van der Waals surface area contributed by atoms with Gasteiger partial charge >= 0.3 is 0 Å². The van der Waals surface area contributed by atoms with Crippen LogP contribution < -0.4 is 4.90 Å². The van der Waals surface area contributed by atoms with E-state index in [2.05, 4.69) is 162 Å². The van der Waals surface area contributed by atoms with E-state index in [1.54, 1.807) is 6.20 Å². The van der Waals surface area contributed by atoms with Gasteiger partial charge in [0.1, 0.15) is 5.58 Å². The van der Waals surface area contributed by atoms with Gasteiger partial charge in [-0.05, 0) is 111 Å². The largest absolute Gasteiger partial charge is 0.438 e. The van der Waals surface area contributed by atoms with Crippen LogP contribution in [-0.4, -0.2) is 4.98 Å². The highest BCUT2D eigenvalue weighted by Gasteiger charge is 2.15. The van der Waals surface area contributed by atoms with E-state index in [0.717, 1.165) is 44.5 Å². The number of aromatic nitrogens is 1. The maximum absolute atomic E-state index is 5.95. The van der Waals surface area contributed by atoms with Gasteiger partial charge in [0.2, 0.25) is 5.71 Å². The second kappa shape index (κ2) is 10.8. The summed E-state index contributed by atoms with van der Waals surface area (Å²) in [6.07, 6.45) is 1.77. The fraction of sp³-hybridized carbons (Fsp3) is 0. The summed E-state index contributed by atoms with van der Waals surface area (Å²) in [6.45, 7) is 0. The van der Waals surface area contributed by atoms with Crippen LogP contribution in [0.25, 0.3) is 65.9 Å². The van der Waals surface area contributed by atoms with Gasteiger partial charge < -0.3 is 9.32 Å². The van der Waals surface area contributed by atoms with E-state index in [-0.39, 0.29) is 0 Å². The van der Waals surface area contributed by atoms with Crippen molar-refractivity contribution in [2.45, 2.75) is 0 Å². The third kappa shape index (κ3) is 4.41. The maximum Gasteiger partial charge on any atom is 0.227 e. The Bertz CT molecular complexity index is 2510. The second-order valence-corrected chi connectivity index (χ2v) is 11.6. The monoisotopic (exact) mass is 588 g/mol. The van der Waals surface area contributed by atoms with E-state index >= 15 is 0 Å². The van der Waals surface area contributed by atoms with E-state index in [4.69, 9.17) is 4.42 Å². The molecule has 2 aromatic heterocycles. The first-order valence-electron chi connectivity index (χ1n) is 15.5. The Morgan fingerprint density at radius 3 is 1.80 bits per heavy atom. The van der Waals surface area contributed by atoms with Crippen molar-refractivity contribution in [2.75, 3.05) is 4.90 Å². The van der Waals surface area contributed by atoms with Gasteiger partial charge in [-0.2, -0.15) is 0 Å². The Morgan fingerprint density at radius 2 is 1.02 bits per heavy atom. The van der Waals surface area contributed by atoms with E-state index in [0.29, 0.717) is 5.71 Å². The zero-order valence-corrected chi connectivity index (χ0v) is 25.0. The summed E-state index contributed by atoms with van der Waals surface area (Å²) < 4.78 is 5.95. The average molecular weight is 589 g/mol. The summed E-state index contributed by atoms with van der Waals surface area (Å²) in [5.41, 5.74) is 9.57. The minimum absolute atomic E-state index is 0.670. The third-order valence-corrected chi connectivity index (χ3v) is 8.93. The minimum atomic E-state index is 0.670. The first kappa shape index (κ1) is 26.2. The predicted octanol–water partition coefficient (Wildman–Crippen LogP) is 12.1. The fourth-order valence-corrected chi connectivity index (χ4v) is 6.70. The van der Waals surface area contributed by atoms with Gasteiger partial charge in [-0.3, -0.25) is 0 Å². The lowest BCUT2D eigenvalue weighted by atomic mass is 9.93. The number of anilines is 3. The van der Waals surface area contributed by atoms with Gasteiger partial charge in [0.25, 0.3) is 0 Å². The van der Waals surface area contributed by atoms with Crippen LogP contribution in [0.5, 0.6) is 0 Å². The lowest BCUT2D eigenvalue weighted by Gasteiger charge is -2.26. The number of hydrogen-bond acceptors (Lipinski definition) is 3. The Morgan fingerprint density at radius 1 is 0.413 bits per heavy atom. The van der Waals surface area contributed by atoms with Gasteiger partial charge in [-0.1, -0.05) is 97.1 Å². The normalized spacial score (nSPS) is 11.5. The van der Waals surface area contributed by atoms with Gasteiger partial charge in [0.15, 0.2) is 0 Å². The van der Waals surface area contributed by atoms with Gasteiger partial charge in [-0.15, -0.1) is 0 Å². The Balaban J connectivity index is 1.10. The van der Waals surface area contributed by atoms with E-state index in [9.17, 15) is 0 Å². The number of nitrogens with zero attached hydrogens (tertiary/aromatic N) is 2. The average Bonchev–Trinajstić information content (AvgIpc) is 3.51. The van der Waals surface area contributed by atoms with Crippen LogP contribution in [0, 0.1) is 0 Å². The predicted molar refractivity (Wildman–Crippen MR) is 192 cm³/mol. The molecule has 0 atom stereocenters. The lowest BCUT2D eigenvalue weighted by Crippen LogP contribution is -2.09. The van der Waals surface area contributed by atoms with Crippen LogP contribution in [-0.2, 0) is 0 Å². The summed E-state index contributed by atoms with van der Waals surface area (Å²) in [4.78, 5) is 6.70. The van der Waals surface area contributed by atoms with Crippen LogP contribution in [0.1, 0.15) is 0 Å². The van der Waals surface area contributed by atoms with Crippen molar-refractivity contribution in [1.29, 1.82) is 0 Å². The molecule has 3 heteroatoms. The highest BCUT2D eigenvalue weighted by molar-refractivity contribution is 6.13. The molecule has 0 aliphatic heterocycles. The van der Waals surface area contributed by atoms with Crippen molar-refractivity contribution in [1.82, 2.24) is 4.98 Å². The summed E-state index contributed by atoms with van der Waals surface area (Å²) in [6, 6.07) is 58.3. The van der Waals surface area contributed by atoms with Gasteiger partial charge in [0.05, 0.1) is 0 Å².